The highest BCUT2D eigenvalue weighted by atomic mass is 35.5. The maximum absolute atomic E-state index is 11.6. The number of amides is 2. The van der Waals surface area contributed by atoms with Crippen LogP contribution < -0.4 is 5.32 Å². The number of rotatable bonds is 5. The van der Waals surface area contributed by atoms with Gasteiger partial charge in [-0.15, -0.1) is 11.3 Å². The SMILES string of the molecule is CCN(CC)C(=O)NCC(O)c1ccc(Cl)s1. The van der Waals surface area contributed by atoms with E-state index in [0.717, 1.165) is 4.88 Å². The molecule has 96 valence electrons. The molecule has 0 radical (unpaired) electrons. The van der Waals surface area contributed by atoms with Gasteiger partial charge in [0.05, 0.1) is 10.9 Å². The van der Waals surface area contributed by atoms with Crippen molar-refractivity contribution in [2.45, 2.75) is 20.0 Å². The zero-order valence-electron chi connectivity index (χ0n) is 9.94. The van der Waals surface area contributed by atoms with E-state index in [9.17, 15) is 9.90 Å². The highest BCUT2D eigenvalue weighted by Crippen LogP contribution is 2.26. The second-order valence-electron chi connectivity index (χ2n) is 3.52. The molecule has 0 aliphatic carbocycles. The molecule has 0 aliphatic rings. The Bertz CT molecular complexity index is 366. The van der Waals surface area contributed by atoms with Crippen molar-refractivity contribution in [1.29, 1.82) is 0 Å². The van der Waals surface area contributed by atoms with Crippen LogP contribution in [0.2, 0.25) is 4.34 Å². The van der Waals surface area contributed by atoms with E-state index in [0.29, 0.717) is 17.4 Å². The zero-order valence-corrected chi connectivity index (χ0v) is 11.5. The second-order valence-corrected chi connectivity index (χ2v) is 5.26. The first-order valence-corrected chi connectivity index (χ1v) is 6.74. The average Bonchev–Trinajstić information content (AvgIpc) is 2.74. The molecule has 1 unspecified atom stereocenters. The molecule has 1 aromatic heterocycles. The largest absolute Gasteiger partial charge is 0.386 e. The minimum Gasteiger partial charge on any atom is -0.386 e. The summed E-state index contributed by atoms with van der Waals surface area (Å²) in [6.45, 7) is 5.34. The summed E-state index contributed by atoms with van der Waals surface area (Å²) in [5, 5.41) is 12.5. The van der Waals surface area contributed by atoms with Crippen molar-refractivity contribution in [1.82, 2.24) is 10.2 Å². The lowest BCUT2D eigenvalue weighted by atomic mass is 10.3. The van der Waals surface area contributed by atoms with E-state index in [1.54, 1.807) is 17.0 Å². The molecule has 1 aromatic rings. The van der Waals surface area contributed by atoms with Crippen LogP contribution in [-0.2, 0) is 0 Å². The van der Waals surface area contributed by atoms with Gasteiger partial charge in [-0.25, -0.2) is 4.79 Å². The van der Waals surface area contributed by atoms with Gasteiger partial charge in [-0.05, 0) is 26.0 Å². The zero-order chi connectivity index (χ0) is 12.8. The van der Waals surface area contributed by atoms with Gasteiger partial charge < -0.3 is 15.3 Å². The number of hydrogen-bond donors (Lipinski definition) is 2. The predicted molar refractivity (Wildman–Crippen MR) is 70.6 cm³/mol. The first-order chi connectivity index (χ1) is 8.08. The summed E-state index contributed by atoms with van der Waals surface area (Å²) in [7, 11) is 0. The molecule has 0 saturated carbocycles. The molecule has 0 fully saturated rings. The van der Waals surface area contributed by atoms with Crippen molar-refractivity contribution in [2.24, 2.45) is 0 Å². The second kappa shape index (κ2) is 6.83. The fraction of sp³-hybridized carbons (Fsp3) is 0.545. The number of aliphatic hydroxyl groups is 1. The molecule has 17 heavy (non-hydrogen) atoms. The van der Waals surface area contributed by atoms with Crippen LogP contribution in [0.25, 0.3) is 0 Å². The summed E-state index contributed by atoms with van der Waals surface area (Å²) in [6.07, 6.45) is -0.702. The monoisotopic (exact) mass is 276 g/mol. The molecule has 0 aliphatic heterocycles. The van der Waals surface area contributed by atoms with Gasteiger partial charge in [0.2, 0.25) is 0 Å². The van der Waals surface area contributed by atoms with Crippen molar-refractivity contribution in [3.63, 3.8) is 0 Å². The molecule has 2 N–H and O–H groups in total. The molecule has 4 nitrogen and oxygen atoms in total. The number of urea groups is 1. The maximum atomic E-state index is 11.6. The van der Waals surface area contributed by atoms with Crippen LogP contribution in [0.4, 0.5) is 4.79 Å². The number of carbonyl (C=O) groups excluding carboxylic acids is 1. The number of nitrogens with zero attached hydrogens (tertiary/aromatic N) is 1. The van der Waals surface area contributed by atoms with Gasteiger partial charge in [-0.2, -0.15) is 0 Å². The summed E-state index contributed by atoms with van der Waals surface area (Å²) in [5.74, 6) is 0. The van der Waals surface area contributed by atoms with E-state index in [-0.39, 0.29) is 12.6 Å². The van der Waals surface area contributed by atoms with Crippen molar-refractivity contribution in [2.75, 3.05) is 19.6 Å². The Morgan fingerprint density at radius 2 is 2.18 bits per heavy atom. The Labute approximate surface area is 110 Å². The van der Waals surface area contributed by atoms with Crippen molar-refractivity contribution < 1.29 is 9.90 Å². The fourth-order valence-electron chi connectivity index (χ4n) is 1.41. The minimum absolute atomic E-state index is 0.156. The lowest BCUT2D eigenvalue weighted by molar-refractivity contribution is 0.166. The van der Waals surface area contributed by atoms with Crippen molar-refractivity contribution >= 4 is 29.0 Å². The molecule has 1 heterocycles. The lowest BCUT2D eigenvalue weighted by Gasteiger charge is -2.20. The van der Waals surface area contributed by atoms with Crippen LogP contribution in [0.5, 0.6) is 0 Å². The number of halogens is 1. The van der Waals surface area contributed by atoms with Crippen LogP contribution in [0.3, 0.4) is 0 Å². The summed E-state index contributed by atoms with van der Waals surface area (Å²) in [4.78, 5) is 14.0. The molecular formula is C11H17ClN2O2S. The molecular weight excluding hydrogens is 260 g/mol. The molecule has 0 saturated heterocycles. The number of thiophene rings is 1. The summed E-state index contributed by atoms with van der Waals surface area (Å²) in [5.41, 5.74) is 0. The topological polar surface area (TPSA) is 52.6 Å². The number of nitrogens with one attached hydrogen (secondary N) is 1. The molecule has 0 aromatic carbocycles. The van der Waals surface area contributed by atoms with Crippen LogP contribution in [-0.4, -0.2) is 35.7 Å². The number of carbonyl (C=O) groups is 1. The first kappa shape index (κ1) is 14.3. The van der Waals surface area contributed by atoms with E-state index in [2.05, 4.69) is 5.32 Å². The maximum Gasteiger partial charge on any atom is 0.317 e. The van der Waals surface area contributed by atoms with Gasteiger partial charge in [0, 0.05) is 18.0 Å². The Balaban J connectivity index is 2.43. The Hall–Kier alpha value is -0.780. The third-order valence-electron chi connectivity index (χ3n) is 2.42. The Morgan fingerprint density at radius 1 is 1.53 bits per heavy atom. The van der Waals surface area contributed by atoms with Gasteiger partial charge in [0.25, 0.3) is 0 Å². The van der Waals surface area contributed by atoms with Gasteiger partial charge in [0.15, 0.2) is 0 Å². The Kier molecular flexibility index (Phi) is 5.74. The van der Waals surface area contributed by atoms with E-state index >= 15 is 0 Å². The van der Waals surface area contributed by atoms with Gasteiger partial charge >= 0.3 is 6.03 Å². The fourth-order valence-corrected chi connectivity index (χ4v) is 2.46. The van der Waals surface area contributed by atoms with Gasteiger partial charge in [-0.3, -0.25) is 0 Å². The predicted octanol–water partition coefficient (Wildman–Crippen LogP) is 2.49. The molecule has 1 rings (SSSR count). The summed E-state index contributed by atoms with van der Waals surface area (Å²) in [6, 6.07) is 3.34. The summed E-state index contributed by atoms with van der Waals surface area (Å²) >= 11 is 7.09. The van der Waals surface area contributed by atoms with Crippen LogP contribution in [0.1, 0.15) is 24.8 Å². The van der Waals surface area contributed by atoms with E-state index in [1.165, 1.54) is 11.3 Å². The third-order valence-corrected chi connectivity index (χ3v) is 3.75. The van der Waals surface area contributed by atoms with Crippen molar-refractivity contribution in [3.05, 3.63) is 21.3 Å². The molecule has 6 heteroatoms. The molecule has 2 amide bonds. The third kappa shape index (κ3) is 4.18. The van der Waals surface area contributed by atoms with Gasteiger partial charge in [-0.1, -0.05) is 11.6 Å². The standard InChI is InChI=1S/C11H17ClN2O2S/c1-3-14(4-2)11(16)13-7-8(15)9-5-6-10(12)17-9/h5-6,8,15H,3-4,7H2,1-2H3,(H,13,16). The highest BCUT2D eigenvalue weighted by molar-refractivity contribution is 7.16. The lowest BCUT2D eigenvalue weighted by Crippen LogP contribution is -2.41. The highest BCUT2D eigenvalue weighted by Gasteiger charge is 2.14. The number of aliphatic hydroxyl groups excluding tert-OH is 1. The number of hydrogen-bond acceptors (Lipinski definition) is 3. The van der Waals surface area contributed by atoms with E-state index < -0.39 is 6.10 Å². The molecule has 0 spiro atoms. The van der Waals surface area contributed by atoms with E-state index in [1.807, 2.05) is 13.8 Å². The summed E-state index contributed by atoms with van der Waals surface area (Å²) < 4.78 is 0.633. The quantitative estimate of drug-likeness (QED) is 0.868. The minimum atomic E-state index is -0.702. The molecule has 1 atom stereocenters. The van der Waals surface area contributed by atoms with E-state index in [4.69, 9.17) is 11.6 Å². The van der Waals surface area contributed by atoms with Gasteiger partial charge in [0.1, 0.15) is 6.10 Å². The van der Waals surface area contributed by atoms with Crippen LogP contribution in [0.15, 0.2) is 12.1 Å². The smallest absolute Gasteiger partial charge is 0.317 e. The van der Waals surface area contributed by atoms with Crippen LogP contribution >= 0.6 is 22.9 Å². The molecule has 0 bridgehead atoms. The van der Waals surface area contributed by atoms with Crippen molar-refractivity contribution in [3.8, 4) is 0 Å². The average molecular weight is 277 g/mol. The normalized spacial score (nSPS) is 12.2. The first-order valence-electron chi connectivity index (χ1n) is 5.54. The Morgan fingerprint density at radius 3 is 2.65 bits per heavy atom. The van der Waals surface area contributed by atoms with Crippen LogP contribution in [0, 0.1) is 0 Å².